The van der Waals surface area contributed by atoms with Crippen LogP contribution >= 0.6 is 0 Å². The largest absolute Gasteiger partial charge is 0.465 e. The van der Waals surface area contributed by atoms with E-state index < -0.39 is 17.7 Å². The minimum atomic E-state index is -1.06. The highest BCUT2D eigenvalue weighted by Crippen LogP contribution is 2.34. The van der Waals surface area contributed by atoms with Gasteiger partial charge in [0.2, 0.25) is 5.89 Å². The first kappa shape index (κ1) is 26.2. The number of pyridine rings is 1. The average Bonchev–Trinajstić information content (AvgIpc) is 3.28. The minimum absolute atomic E-state index is 0.213. The normalized spacial score (nSPS) is 12.6. The van der Waals surface area contributed by atoms with Crippen LogP contribution in [0.15, 0.2) is 45.7 Å². The van der Waals surface area contributed by atoms with Crippen molar-refractivity contribution in [2.75, 3.05) is 0 Å². The number of fused-ring (bicyclic) bond motifs is 1. The highest BCUT2D eigenvalue weighted by atomic mass is 16.4. The lowest BCUT2D eigenvalue weighted by molar-refractivity contribution is -0.118. The van der Waals surface area contributed by atoms with Gasteiger partial charge in [0.25, 0.3) is 5.56 Å². The number of oxazole rings is 1. The van der Waals surface area contributed by atoms with E-state index in [2.05, 4.69) is 4.98 Å². The van der Waals surface area contributed by atoms with Gasteiger partial charge in [0, 0.05) is 25.4 Å². The van der Waals surface area contributed by atoms with Crippen molar-refractivity contribution >= 4 is 22.8 Å². The molecule has 3 aromatic rings. The third-order valence-corrected chi connectivity index (χ3v) is 6.28. The van der Waals surface area contributed by atoms with Crippen molar-refractivity contribution in [3.05, 3.63) is 52.8 Å². The Kier molecular flexibility index (Phi) is 8.14. The summed E-state index contributed by atoms with van der Waals surface area (Å²) in [5, 5.41) is 10.9. The number of nitrogens with zero attached hydrogens (tertiary/aromatic N) is 3. The SMILES string of the molecule is CCC(=O)CCCCCC(c1ncc(-c2cc3ccccc3n(C)c2=O)o1)N(C(=O)O)C(C)(C)C. The van der Waals surface area contributed by atoms with E-state index in [9.17, 15) is 19.5 Å². The topological polar surface area (TPSA) is 106 Å². The van der Waals surface area contributed by atoms with Crippen LogP contribution in [0.3, 0.4) is 0 Å². The van der Waals surface area contributed by atoms with Gasteiger partial charge >= 0.3 is 6.09 Å². The molecule has 0 aliphatic heterocycles. The maximum absolute atomic E-state index is 13.0. The molecule has 2 aromatic heterocycles. The molecular weight excluding hydrogens is 446 g/mol. The van der Waals surface area contributed by atoms with Gasteiger partial charge in [0.1, 0.15) is 11.8 Å². The Bertz CT molecular complexity index is 1250. The molecule has 1 N–H and O–H groups in total. The molecule has 1 atom stereocenters. The van der Waals surface area contributed by atoms with E-state index >= 15 is 0 Å². The molecule has 8 heteroatoms. The van der Waals surface area contributed by atoms with Crippen LogP contribution in [0.2, 0.25) is 0 Å². The van der Waals surface area contributed by atoms with E-state index in [1.165, 1.54) is 11.1 Å². The summed E-state index contributed by atoms with van der Waals surface area (Å²) in [7, 11) is 1.71. The van der Waals surface area contributed by atoms with E-state index in [1.807, 2.05) is 52.0 Å². The van der Waals surface area contributed by atoms with E-state index in [0.717, 1.165) is 30.2 Å². The molecule has 8 nitrogen and oxygen atoms in total. The second-order valence-corrected chi connectivity index (χ2v) is 9.87. The average molecular weight is 482 g/mol. The smallest absolute Gasteiger partial charge is 0.408 e. The Labute approximate surface area is 205 Å². The number of carbonyl (C=O) groups excluding carboxylic acids is 1. The van der Waals surface area contributed by atoms with Crippen LogP contribution in [0.1, 0.15) is 78.2 Å². The summed E-state index contributed by atoms with van der Waals surface area (Å²) in [5.74, 6) is 0.805. The Morgan fingerprint density at radius 3 is 2.54 bits per heavy atom. The van der Waals surface area contributed by atoms with E-state index in [-0.39, 0.29) is 17.2 Å². The molecule has 0 saturated heterocycles. The van der Waals surface area contributed by atoms with Gasteiger partial charge in [-0.05, 0) is 51.1 Å². The zero-order valence-electron chi connectivity index (χ0n) is 21.2. The molecule has 0 fully saturated rings. The number of amides is 1. The summed E-state index contributed by atoms with van der Waals surface area (Å²) in [4.78, 5) is 42.7. The van der Waals surface area contributed by atoms with Crippen LogP contribution in [-0.2, 0) is 11.8 Å². The molecule has 0 aliphatic carbocycles. The summed E-state index contributed by atoms with van der Waals surface area (Å²) in [6.45, 7) is 7.35. The van der Waals surface area contributed by atoms with Crippen molar-refractivity contribution in [3.63, 3.8) is 0 Å². The zero-order chi connectivity index (χ0) is 25.8. The number of unbranched alkanes of at least 4 members (excludes halogenated alkanes) is 2. The summed E-state index contributed by atoms with van der Waals surface area (Å²) in [6.07, 6.45) is 4.30. The predicted octanol–water partition coefficient (Wildman–Crippen LogP) is 5.94. The van der Waals surface area contributed by atoms with Crippen LogP contribution in [0.4, 0.5) is 4.79 Å². The Morgan fingerprint density at radius 1 is 1.17 bits per heavy atom. The molecule has 0 saturated carbocycles. The third-order valence-electron chi connectivity index (χ3n) is 6.28. The van der Waals surface area contributed by atoms with Crippen molar-refractivity contribution in [3.8, 4) is 11.3 Å². The molecule has 3 rings (SSSR count). The number of ketones is 1. The fourth-order valence-corrected chi connectivity index (χ4v) is 4.43. The molecular formula is C27H35N3O5. The fraction of sp³-hybridized carbons (Fsp3) is 0.481. The number of hydrogen-bond acceptors (Lipinski definition) is 5. The zero-order valence-corrected chi connectivity index (χ0v) is 21.2. The number of benzene rings is 1. The number of para-hydroxylation sites is 1. The van der Waals surface area contributed by atoms with Crippen LogP contribution in [-0.4, -0.2) is 37.0 Å². The standard InChI is InChI=1S/C27H35N3O5/c1-6-19(31)13-8-7-9-15-22(30(26(33)34)27(2,3)4)24-28-17-23(35-24)20-16-18-12-10-11-14-21(18)29(5)25(20)32/h10-12,14,16-17,22H,6-9,13,15H2,1-5H3,(H,33,34). The lowest BCUT2D eigenvalue weighted by atomic mass is 9.99. The number of carboxylic acid groups (broad SMARTS) is 1. The number of rotatable bonds is 10. The minimum Gasteiger partial charge on any atom is -0.465 e. The molecule has 188 valence electrons. The summed E-state index contributed by atoms with van der Waals surface area (Å²) in [6, 6.07) is 8.75. The second kappa shape index (κ2) is 10.9. The second-order valence-electron chi connectivity index (χ2n) is 9.87. The maximum atomic E-state index is 13.0. The third kappa shape index (κ3) is 5.99. The summed E-state index contributed by atoms with van der Waals surface area (Å²) < 4.78 is 7.64. The fourth-order valence-electron chi connectivity index (χ4n) is 4.43. The molecule has 1 amide bonds. The number of Topliss-reactive ketones (excluding diaryl/α,β-unsaturated/α-hetero) is 1. The molecule has 2 heterocycles. The highest BCUT2D eigenvalue weighted by Gasteiger charge is 2.36. The Morgan fingerprint density at radius 2 is 1.89 bits per heavy atom. The first-order valence-electron chi connectivity index (χ1n) is 12.1. The number of aromatic nitrogens is 2. The van der Waals surface area contributed by atoms with Gasteiger partial charge in [-0.25, -0.2) is 9.78 Å². The molecule has 0 spiro atoms. The van der Waals surface area contributed by atoms with Crippen LogP contribution in [0, 0.1) is 0 Å². The van der Waals surface area contributed by atoms with Gasteiger partial charge in [-0.1, -0.05) is 38.0 Å². The van der Waals surface area contributed by atoms with Crippen LogP contribution in [0.25, 0.3) is 22.2 Å². The van der Waals surface area contributed by atoms with Gasteiger partial charge in [-0.3, -0.25) is 14.5 Å². The molecule has 0 bridgehead atoms. The van der Waals surface area contributed by atoms with Crippen molar-refractivity contribution in [1.82, 2.24) is 14.5 Å². The number of carbonyl (C=O) groups is 2. The van der Waals surface area contributed by atoms with Gasteiger partial charge in [0.05, 0.1) is 17.3 Å². The lowest BCUT2D eigenvalue weighted by Gasteiger charge is -2.38. The van der Waals surface area contributed by atoms with Crippen LogP contribution in [0.5, 0.6) is 0 Å². The van der Waals surface area contributed by atoms with Crippen molar-refractivity contribution in [2.24, 2.45) is 7.05 Å². The van der Waals surface area contributed by atoms with Crippen molar-refractivity contribution in [1.29, 1.82) is 0 Å². The van der Waals surface area contributed by atoms with Gasteiger partial charge in [0.15, 0.2) is 5.76 Å². The van der Waals surface area contributed by atoms with Crippen molar-refractivity contribution in [2.45, 2.75) is 77.8 Å². The quantitative estimate of drug-likeness (QED) is 0.359. The predicted molar refractivity (Wildman–Crippen MR) is 135 cm³/mol. The highest BCUT2D eigenvalue weighted by molar-refractivity contribution is 5.83. The van der Waals surface area contributed by atoms with Gasteiger partial charge in [-0.2, -0.15) is 0 Å². The Balaban J connectivity index is 1.93. The first-order chi connectivity index (χ1) is 16.5. The van der Waals surface area contributed by atoms with E-state index in [4.69, 9.17) is 4.42 Å². The molecule has 35 heavy (non-hydrogen) atoms. The first-order valence-corrected chi connectivity index (χ1v) is 12.1. The summed E-state index contributed by atoms with van der Waals surface area (Å²) >= 11 is 0. The molecule has 1 aromatic carbocycles. The van der Waals surface area contributed by atoms with Crippen LogP contribution < -0.4 is 5.56 Å². The molecule has 1 unspecified atom stereocenters. The molecule has 0 radical (unpaired) electrons. The molecule has 0 aliphatic rings. The number of hydrogen-bond donors (Lipinski definition) is 1. The lowest BCUT2D eigenvalue weighted by Crippen LogP contribution is -2.47. The monoisotopic (exact) mass is 481 g/mol. The Hall–Kier alpha value is -3.42. The van der Waals surface area contributed by atoms with Gasteiger partial charge < -0.3 is 14.1 Å². The van der Waals surface area contributed by atoms with E-state index in [1.54, 1.807) is 17.7 Å². The van der Waals surface area contributed by atoms with Crippen molar-refractivity contribution < 1.29 is 19.1 Å². The van der Waals surface area contributed by atoms with Gasteiger partial charge in [-0.15, -0.1) is 0 Å². The summed E-state index contributed by atoms with van der Waals surface area (Å²) in [5.41, 5.74) is 0.279. The number of aryl methyl sites for hydroxylation is 1. The van der Waals surface area contributed by atoms with E-state index in [0.29, 0.717) is 30.6 Å². The maximum Gasteiger partial charge on any atom is 0.408 e.